The number of halogens is 2. The molecule has 2 aromatic heterocycles. The Bertz CT molecular complexity index is 1330. The van der Waals surface area contributed by atoms with Gasteiger partial charge in [0, 0.05) is 23.5 Å². The Morgan fingerprint density at radius 2 is 1.05 bits per heavy atom. The number of hydrogen-bond donors (Lipinski definition) is 0. The Hall–Kier alpha value is -4.46. The molecule has 4 aromatic rings. The molecule has 0 aliphatic carbocycles. The fraction of sp³-hybridized carbons (Fsp3) is 0.200. The molecule has 0 amide bonds. The molecule has 196 valence electrons. The van der Waals surface area contributed by atoms with E-state index in [-0.39, 0.29) is 23.6 Å². The van der Waals surface area contributed by atoms with Crippen molar-refractivity contribution < 1.29 is 27.8 Å². The van der Waals surface area contributed by atoms with Gasteiger partial charge in [-0.3, -0.25) is 9.97 Å². The molecule has 0 N–H and O–H groups in total. The predicted molar refractivity (Wildman–Crippen MR) is 141 cm³/mol. The van der Waals surface area contributed by atoms with Crippen LogP contribution >= 0.6 is 0 Å². The monoisotopic (exact) mass is 518 g/mol. The molecule has 38 heavy (non-hydrogen) atoms. The highest BCUT2D eigenvalue weighted by molar-refractivity contribution is 5.91. The molecule has 0 aliphatic rings. The third-order valence-corrected chi connectivity index (χ3v) is 5.47. The maximum absolute atomic E-state index is 13.1. The van der Waals surface area contributed by atoms with Crippen molar-refractivity contribution in [2.75, 3.05) is 13.2 Å². The summed E-state index contributed by atoms with van der Waals surface area (Å²) in [4.78, 5) is 31.7. The second-order valence-electron chi connectivity index (χ2n) is 8.22. The molecule has 6 nitrogen and oxygen atoms in total. The van der Waals surface area contributed by atoms with Gasteiger partial charge in [0.25, 0.3) is 0 Å². The van der Waals surface area contributed by atoms with E-state index in [1.54, 1.807) is 76.5 Å². The lowest BCUT2D eigenvalue weighted by Crippen LogP contribution is -2.05. The molecule has 0 aliphatic heterocycles. The minimum atomic E-state index is -0.383. The summed E-state index contributed by atoms with van der Waals surface area (Å²) in [5, 5.41) is 0. The smallest absolute Gasteiger partial charge is 0.338 e. The molecule has 0 atom stereocenters. The largest absolute Gasteiger partial charge is 0.462 e. The van der Waals surface area contributed by atoms with Gasteiger partial charge in [0.15, 0.2) is 0 Å². The number of carbonyl (C=O) groups is 2. The van der Waals surface area contributed by atoms with Crippen molar-refractivity contribution in [2.45, 2.75) is 27.7 Å². The van der Waals surface area contributed by atoms with Crippen LogP contribution in [0, 0.1) is 25.5 Å². The molecule has 0 spiro atoms. The summed E-state index contributed by atoms with van der Waals surface area (Å²) in [6.07, 6.45) is 3.09. The van der Waals surface area contributed by atoms with E-state index in [9.17, 15) is 18.4 Å². The Kier molecular flexibility index (Phi) is 9.76. The zero-order valence-corrected chi connectivity index (χ0v) is 21.6. The second kappa shape index (κ2) is 13.2. The molecule has 2 aromatic carbocycles. The zero-order chi connectivity index (χ0) is 27.7. The number of carbonyl (C=O) groups excluding carboxylic acids is 2. The third kappa shape index (κ3) is 7.29. The van der Waals surface area contributed by atoms with Gasteiger partial charge in [-0.15, -0.1) is 0 Å². The lowest BCUT2D eigenvalue weighted by Gasteiger charge is -2.07. The van der Waals surface area contributed by atoms with Gasteiger partial charge >= 0.3 is 11.9 Å². The van der Waals surface area contributed by atoms with E-state index in [1.807, 2.05) is 0 Å². The number of esters is 2. The van der Waals surface area contributed by atoms with E-state index >= 15 is 0 Å². The van der Waals surface area contributed by atoms with E-state index in [4.69, 9.17) is 9.47 Å². The standard InChI is InChI=1S/2C15H14FNO2/c2*1-3-19-15(18)11-6-7-17-14(9-11)13-5-4-12(16)8-10(13)2/h2*4-9H,3H2,1-2H3. The van der Waals surface area contributed by atoms with Crippen LogP contribution < -0.4 is 0 Å². The lowest BCUT2D eigenvalue weighted by atomic mass is 10.0. The van der Waals surface area contributed by atoms with Crippen molar-refractivity contribution in [1.82, 2.24) is 9.97 Å². The van der Waals surface area contributed by atoms with E-state index in [0.29, 0.717) is 35.7 Å². The van der Waals surface area contributed by atoms with Crippen molar-refractivity contribution in [3.05, 3.63) is 107 Å². The number of aryl methyl sites for hydroxylation is 2. The van der Waals surface area contributed by atoms with Gasteiger partial charge in [0.05, 0.1) is 35.7 Å². The number of pyridine rings is 2. The molecule has 4 rings (SSSR count). The number of rotatable bonds is 6. The number of hydrogen-bond acceptors (Lipinski definition) is 6. The van der Waals surface area contributed by atoms with Gasteiger partial charge in [-0.25, -0.2) is 18.4 Å². The Morgan fingerprint density at radius 3 is 1.39 bits per heavy atom. The van der Waals surface area contributed by atoms with Crippen LogP contribution in [-0.2, 0) is 9.47 Å². The summed E-state index contributed by atoms with van der Waals surface area (Å²) in [5.41, 5.74) is 5.28. The van der Waals surface area contributed by atoms with Gasteiger partial charge < -0.3 is 9.47 Å². The minimum Gasteiger partial charge on any atom is -0.462 e. The topological polar surface area (TPSA) is 78.4 Å². The van der Waals surface area contributed by atoms with Gasteiger partial charge in [-0.2, -0.15) is 0 Å². The Morgan fingerprint density at radius 1 is 0.658 bits per heavy atom. The van der Waals surface area contributed by atoms with Crippen molar-refractivity contribution in [3.63, 3.8) is 0 Å². The van der Waals surface area contributed by atoms with E-state index in [1.165, 1.54) is 24.3 Å². The quantitative estimate of drug-likeness (QED) is 0.263. The Balaban J connectivity index is 0.000000211. The predicted octanol–water partition coefficient (Wildman–Crippen LogP) is 6.75. The first-order chi connectivity index (χ1) is 18.2. The average Bonchev–Trinajstić information content (AvgIpc) is 2.89. The van der Waals surface area contributed by atoms with Crippen LogP contribution in [0.1, 0.15) is 45.7 Å². The van der Waals surface area contributed by atoms with Crippen molar-refractivity contribution in [3.8, 4) is 22.5 Å². The molecule has 0 radical (unpaired) electrons. The van der Waals surface area contributed by atoms with Gasteiger partial charge in [-0.1, -0.05) is 0 Å². The molecule has 0 saturated heterocycles. The number of aromatic nitrogens is 2. The summed E-state index contributed by atoms with van der Waals surface area (Å²) < 4.78 is 36.0. The van der Waals surface area contributed by atoms with Crippen molar-refractivity contribution in [1.29, 1.82) is 0 Å². The highest BCUT2D eigenvalue weighted by Crippen LogP contribution is 2.24. The molecular formula is C30H28F2N2O4. The minimum absolute atomic E-state index is 0.289. The van der Waals surface area contributed by atoms with Crippen LogP contribution in [-0.4, -0.2) is 35.1 Å². The number of ether oxygens (including phenoxy) is 2. The SMILES string of the molecule is CCOC(=O)c1ccnc(-c2ccc(F)cc2C)c1.CCOC(=O)c1ccnc(-c2ccc(F)cc2C)c1. The van der Waals surface area contributed by atoms with Crippen molar-refractivity contribution >= 4 is 11.9 Å². The summed E-state index contributed by atoms with van der Waals surface area (Å²) in [5.74, 6) is -1.34. The summed E-state index contributed by atoms with van der Waals surface area (Å²) >= 11 is 0. The number of nitrogens with zero attached hydrogens (tertiary/aromatic N) is 2. The fourth-order valence-electron chi connectivity index (χ4n) is 3.67. The van der Waals surface area contributed by atoms with E-state index < -0.39 is 0 Å². The van der Waals surface area contributed by atoms with Crippen LogP contribution in [0.4, 0.5) is 8.78 Å². The second-order valence-corrected chi connectivity index (χ2v) is 8.22. The molecule has 0 saturated carbocycles. The zero-order valence-electron chi connectivity index (χ0n) is 21.6. The number of benzene rings is 2. The van der Waals surface area contributed by atoms with E-state index in [0.717, 1.165) is 22.3 Å². The van der Waals surface area contributed by atoms with Gasteiger partial charge in [-0.05, 0) is 99.5 Å². The highest BCUT2D eigenvalue weighted by atomic mass is 19.1. The van der Waals surface area contributed by atoms with Crippen LogP contribution in [0.3, 0.4) is 0 Å². The molecule has 0 unspecified atom stereocenters. The third-order valence-electron chi connectivity index (χ3n) is 5.47. The van der Waals surface area contributed by atoms with Crippen LogP contribution in [0.15, 0.2) is 73.1 Å². The molecule has 0 bridgehead atoms. The van der Waals surface area contributed by atoms with Crippen LogP contribution in [0.25, 0.3) is 22.5 Å². The Labute approximate surface area is 220 Å². The first-order valence-electron chi connectivity index (χ1n) is 12.0. The van der Waals surface area contributed by atoms with Crippen molar-refractivity contribution in [2.24, 2.45) is 0 Å². The van der Waals surface area contributed by atoms with Crippen LogP contribution in [0.2, 0.25) is 0 Å². The molecule has 2 heterocycles. The molecule has 0 fully saturated rings. The summed E-state index contributed by atoms with van der Waals surface area (Å²) in [6.45, 7) is 7.76. The first-order valence-corrected chi connectivity index (χ1v) is 12.0. The maximum Gasteiger partial charge on any atom is 0.338 e. The normalized spacial score (nSPS) is 10.3. The van der Waals surface area contributed by atoms with Crippen LogP contribution in [0.5, 0.6) is 0 Å². The fourth-order valence-corrected chi connectivity index (χ4v) is 3.67. The lowest BCUT2D eigenvalue weighted by molar-refractivity contribution is 0.0516. The average molecular weight is 519 g/mol. The summed E-state index contributed by atoms with van der Waals surface area (Å²) in [7, 11) is 0. The molecule has 8 heteroatoms. The van der Waals surface area contributed by atoms with Gasteiger partial charge in [0.1, 0.15) is 11.6 Å². The highest BCUT2D eigenvalue weighted by Gasteiger charge is 2.11. The first kappa shape index (κ1) is 28.1. The summed E-state index contributed by atoms with van der Waals surface area (Å²) in [6, 6.07) is 15.4. The van der Waals surface area contributed by atoms with E-state index in [2.05, 4.69) is 9.97 Å². The maximum atomic E-state index is 13.1. The molecular weight excluding hydrogens is 490 g/mol. The van der Waals surface area contributed by atoms with Gasteiger partial charge in [0.2, 0.25) is 0 Å².